The van der Waals surface area contributed by atoms with Crippen molar-refractivity contribution in [1.82, 2.24) is 10.0 Å². The van der Waals surface area contributed by atoms with Crippen molar-refractivity contribution >= 4 is 10.0 Å². The summed E-state index contributed by atoms with van der Waals surface area (Å²) in [5.41, 5.74) is 0. The third-order valence-corrected chi connectivity index (χ3v) is 4.61. The molecule has 1 fully saturated rings. The first-order chi connectivity index (χ1) is 10.1. The maximum Gasteiger partial charge on any atom is 0.244 e. The minimum atomic E-state index is -3.54. The van der Waals surface area contributed by atoms with Gasteiger partial charge in [-0.05, 0) is 18.6 Å². The third-order valence-electron chi connectivity index (χ3n) is 3.11. The van der Waals surface area contributed by atoms with Crippen LogP contribution in [0.15, 0.2) is 29.2 Å². The van der Waals surface area contributed by atoms with Gasteiger partial charge in [-0.1, -0.05) is 19.1 Å². The van der Waals surface area contributed by atoms with Crippen LogP contribution in [0.2, 0.25) is 0 Å². The molecule has 1 aromatic carbocycles. The van der Waals surface area contributed by atoms with E-state index in [0.717, 1.165) is 13.0 Å². The van der Waals surface area contributed by atoms with Crippen LogP contribution in [-0.4, -0.2) is 47.4 Å². The molecule has 21 heavy (non-hydrogen) atoms. The summed E-state index contributed by atoms with van der Waals surface area (Å²) >= 11 is 0. The van der Waals surface area contributed by atoms with E-state index in [4.69, 9.17) is 9.47 Å². The fourth-order valence-electron chi connectivity index (χ4n) is 2.02. The van der Waals surface area contributed by atoms with E-state index in [2.05, 4.69) is 10.0 Å². The standard InChI is InChI=1S/C14H22N2O4S/c1-2-7-16-21(17,18)14-6-4-3-5-13(14)20-11-12-10-15-8-9-19-12/h3-6,12,15-16H,2,7-11H2,1H3. The van der Waals surface area contributed by atoms with E-state index < -0.39 is 10.0 Å². The number of rotatable bonds is 7. The van der Waals surface area contributed by atoms with E-state index in [1.807, 2.05) is 6.92 Å². The Hall–Kier alpha value is -1.15. The molecule has 1 heterocycles. The SMILES string of the molecule is CCCNS(=O)(=O)c1ccccc1OCC1CNCCO1. The first-order valence-corrected chi connectivity index (χ1v) is 8.65. The fourth-order valence-corrected chi connectivity index (χ4v) is 3.29. The predicted molar refractivity (Wildman–Crippen MR) is 80.0 cm³/mol. The lowest BCUT2D eigenvalue weighted by Crippen LogP contribution is -2.41. The molecule has 0 spiro atoms. The highest BCUT2D eigenvalue weighted by molar-refractivity contribution is 7.89. The second-order valence-electron chi connectivity index (χ2n) is 4.85. The molecular formula is C14H22N2O4S. The number of morpholine rings is 1. The van der Waals surface area contributed by atoms with Crippen LogP contribution in [0.4, 0.5) is 0 Å². The molecule has 1 aliphatic rings. The lowest BCUT2D eigenvalue weighted by molar-refractivity contribution is -0.000405. The molecule has 2 N–H and O–H groups in total. The highest BCUT2D eigenvalue weighted by atomic mass is 32.2. The first kappa shape index (κ1) is 16.2. The predicted octanol–water partition coefficient (Wildman–Crippen LogP) is 0.742. The minimum Gasteiger partial charge on any atom is -0.489 e. The van der Waals surface area contributed by atoms with Gasteiger partial charge in [-0.25, -0.2) is 13.1 Å². The molecule has 0 radical (unpaired) electrons. The largest absolute Gasteiger partial charge is 0.489 e. The third kappa shape index (κ3) is 4.67. The Morgan fingerprint density at radius 1 is 1.43 bits per heavy atom. The molecule has 6 nitrogen and oxygen atoms in total. The van der Waals surface area contributed by atoms with Gasteiger partial charge in [0.1, 0.15) is 23.4 Å². The molecule has 1 aliphatic heterocycles. The highest BCUT2D eigenvalue weighted by Crippen LogP contribution is 2.23. The number of ether oxygens (including phenoxy) is 2. The summed E-state index contributed by atoms with van der Waals surface area (Å²) in [5, 5.41) is 3.21. The van der Waals surface area contributed by atoms with Crippen molar-refractivity contribution in [2.45, 2.75) is 24.3 Å². The zero-order chi connectivity index (χ0) is 15.1. The Kier molecular flexibility index (Phi) is 5.98. The van der Waals surface area contributed by atoms with Crippen molar-refractivity contribution in [3.8, 4) is 5.75 Å². The smallest absolute Gasteiger partial charge is 0.244 e. The van der Waals surface area contributed by atoms with E-state index in [1.165, 1.54) is 0 Å². The van der Waals surface area contributed by atoms with Crippen LogP contribution < -0.4 is 14.8 Å². The lowest BCUT2D eigenvalue weighted by Gasteiger charge is -2.24. The Labute approximate surface area is 125 Å². The van der Waals surface area contributed by atoms with Gasteiger partial charge in [0, 0.05) is 19.6 Å². The monoisotopic (exact) mass is 314 g/mol. The van der Waals surface area contributed by atoms with E-state index in [0.29, 0.717) is 32.1 Å². The van der Waals surface area contributed by atoms with Gasteiger partial charge in [-0.15, -0.1) is 0 Å². The number of benzene rings is 1. The summed E-state index contributed by atoms with van der Waals surface area (Å²) in [6.07, 6.45) is 0.683. The van der Waals surface area contributed by atoms with Crippen LogP contribution >= 0.6 is 0 Å². The average molecular weight is 314 g/mol. The Bertz CT molecular complexity index is 542. The molecular weight excluding hydrogens is 292 g/mol. The number of nitrogens with one attached hydrogen (secondary N) is 2. The van der Waals surface area contributed by atoms with Crippen molar-refractivity contribution in [3.63, 3.8) is 0 Å². The number of hydrogen-bond donors (Lipinski definition) is 2. The zero-order valence-electron chi connectivity index (χ0n) is 12.2. The van der Waals surface area contributed by atoms with Gasteiger partial charge in [0.25, 0.3) is 0 Å². The molecule has 1 atom stereocenters. The Morgan fingerprint density at radius 2 is 2.24 bits per heavy atom. The van der Waals surface area contributed by atoms with E-state index >= 15 is 0 Å². The number of sulfonamides is 1. The molecule has 118 valence electrons. The van der Waals surface area contributed by atoms with E-state index in [9.17, 15) is 8.42 Å². The van der Waals surface area contributed by atoms with E-state index in [1.54, 1.807) is 24.3 Å². The van der Waals surface area contributed by atoms with Crippen molar-refractivity contribution in [2.24, 2.45) is 0 Å². The maximum atomic E-state index is 12.2. The molecule has 1 aromatic rings. The van der Waals surface area contributed by atoms with Crippen LogP contribution in [0.3, 0.4) is 0 Å². The summed E-state index contributed by atoms with van der Waals surface area (Å²) < 4.78 is 38.2. The summed E-state index contributed by atoms with van der Waals surface area (Å²) in [6.45, 7) is 4.84. The van der Waals surface area contributed by atoms with Gasteiger partial charge in [-0.2, -0.15) is 0 Å². The summed E-state index contributed by atoms with van der Waals surface area (Å²) in [7, 11) is -3.54. The number of para-hydroxylation sites is 1. The van der Waals surface area contributed by atoms with Gasteiger partial charge in [0.15, 0.2) is 0 Å². The minimum absolute atomic E-state index is 0.0573. The second kappa shape index (κ2) is 7.74. The maximum absolute atomic E-state index is 12.2. The molecule has 2 rings (SSSR count). The fraction of sp³-hybridized carbons (Fsp3) is 0.571. The van der Waals surface area contributed by atoms with Crippen LogP contribution in [0.1, 0.15) is 13.3 Å². The van der Waals surface area contributed by atoms with Crippen molar-refractivity contribution in [1.29, 1.82) is 0 Å². The molecule has 0 aliphatic carbocycles. The molecule has 0 bridgehead atoms. The van der Waals surface area contributed by atoms with Gasteiger partial charge >= 0.3 is 0 Å². The molecule has 0 aromatic heterocycles. The normalized spacial score (nSPS) is 19.4. The van der Waals surface area contributed by atoms with Gasteiger partial charge in [0.05, 0.1) is 6.61 Å². The van der Waals surface area contributed by atoms with Crippen molar-refractivity contribution < 1.29 is 17.9 Å². The molecule has 1 saturated heterocycles. The zero-order valence-corrected chi connectivity index (χ0v) is 13.0. The average Bonchev–Trinajstić information content (AvgIpc) is 2.52. The highest BCUT2D eigenvalue weighted by Gasteiger charge is 2.20. The first-order valence-electron chi connectivity index (χ1n) is 7.17. The Morgan fingerprint density at radius 3 is 2.95 bits per heavy atom. The lowest BCUT2D eigenvalue weighted by atomic mass is 10.3. The van der Waals surface area contributed by atoms with Crippen molar-refractivity contribution in [3.05, 3.63) is 24.3 Å². The second-order valence-corrected chi connectivity index (χ2v) is 6.59. The van der Waals surface area contributed by atoms with Gasteiger partial charge < -0.3 is 14.8 Å². The van der Waals surface area contributed by atoms with Crippen LogP contribution in [0.5, 0.6) is 5.75 Å². The van der Waals surface area contributed by atoms with Gasteiger partial charge in [-0.3, -0.25) is 0 Å². The molecule has 0 amide bonds. The van der Waals surface area contributed by atoms with Crippen LogP contribution in [0, 0.1) is 0 Å². The van der Waals surface area contributed by atoms with Gasteiger partial charge in [0.2, 0.25) is 10.0 Å². The number of hydrogen-bond acceptors (Lipinski definition) is 5. The molecule has 7 heteroatoms. The van der Waals surface area contributed by atoms with Crippen molar-refractivity contribution in [2.75, 3.05) is 32.8 Å². The topological polar surface area (TPSA) is 76.7 Å². The molecule has 0 saturated carbocycles. The van der Waals surface area contributed by atoms with E-state index in [-0.39, 0.29) is 11.0 Å². The summed E-state index contributed by atoms with van der Waals surface area (Å²) in [5.74, 6) is 0.357. The summed E-state index contributed by atoms with van der Waals surface area (Å²) in [6, 6.07) is 6.66. The molecule has 1 unspecified atom stereocenters. The quantitative estimate of drug-likeness (QED) is 0.776. The van der Waals surface area contributed by atoms with Crippen LogP contribution in [0.25, 0.3) is 0 Å². The van der Waals surface area contributed by atoms with Crippen LogP contribution in [-0.2, 0) is 14.8 Å². The summed E-state index contributed by atoms with van der Waals surface area (Å²) in [4.78, 5) is 0.169. The Balaban J connectivity index is 2.05.